The Morgan fingerprint density at radius 3 is 2.77 bits per heavy atom. The molecule has 2 heteroatoms. The van der Waals surface area contributed by atoms with Gasteiger partial charge in [-0.2, -0.15) is 0 Å². The van der Waals surface area contributed by atoms with Crippen LogP contribution in [0.4, 0.5) is 0 Å². The highest BCUT2D eigenvalue weighted by Gasteiger charge is 2.04. The summed E-state index contributed by atoms with van der Waals surface area (Å²) in [6.45, 7) is 2.80. The first kappa shape index (κ1) is 10.2. The molecule has 2 nitrogen and oxygen atoms in total. The molecule has 72 valence electrons. The average molecular weight is 178 g/mol. The number of hydrogen-bond acceptors (Lipinski definition) is 2. The predicted octanol–water partition coefficient (Wildman–Crippen LogP) is 1.73. The molecule has 4 N–H and O–H groups in total. The molecule has 0 unspecified atom stereocenters. The average Bonchev–Trinajstić information content (AvgIpc) is 2.14. The molecule has 0 bridgehead atoms. The maximum absolute atomic E-state index is 5.99. The first-order chi connectivity index (χ1) is 6.24. The summed E-state index contributed by atoms with van der Waals surface area (Å²) in [5, 5.41) is 0. The number of nitrogens with two attached hydrogens (primary N) is 2. The van der Waals surface area contributed by atoms with Crippen LogP contribution in [0.15, 0.2) is 24.3 Å². The second-order valence-corrected chi connectivity index (χ2v) is 3.45. The zero-order chi connectivity index (χ0) is 9.68. The van der Waals surface area contributed by atoms with Crippen molar-refractivity contribution in [2.45, 2.75) is 25.8 Å². The third kappa shape index (κ3) is 3.17. The van der Waals surface area contributed by atoms with E-state index in [9.17, 15) is 0 Å². The van der Waals surface area contributed by atoms with Crippen molar-refractivity contribution in [2.24, 2.45) is 11.5 Å². The zero-order valence-electron chi connectivity index (χ0n) is 8.16. The van der Waals surface area contributed by atoms with Gasteiger partial charge in [-0.3, -0.25) is 0 Å². The van der Waals surface area contributed by atoms with Gasteiger partial charge in [-0.15, -0.1) is 0 Å². The second-order valence-electron chi connectivity index (χ2n) is 3.45. The van der Waals surface area contributed by atoms with Crippen LogP contribution in [-0.2, 0) is 0 Å². The van der Waals surface area contributed by atoms with Crippen molar-refractivity contribution in [2.75, 3.05) is 6.54 Å². The van der Waals surface area contributed by atoms with Crippen molar-refractivity contribution >= 4 is 0 Å². The summed E-state index contributed by atoms with van der Waals surface area (Å²) in [6.07, 6.45) is 1.97. The quantitative estimate of drug-likeness (QED) is 0.737. The number of aryl methyl sites for hydroxylation is 1. The van der Waals surface area contributed by atoms with E-state index < -0.39 is 0 Å². The van der Waals surface area contributed by atoms with E-state index in [1.165, 1.54) is 11.1 Å². The smallest absolute Gasteiger partial charge is 0.0295 e. The molecule has 0 radical (unpaired) electrons. The largest absolute Gasteiger partial charge is 0.330 e. The van der Waals surface area contributed by atoms with E-state index in [0.29, 0.717) is 0 Å². The van der Waals surface area contributed by atoms with Crippen molar-refractivity contribution in [3.05, 3.63) is 35.4 Å². The molecule has 0 fully saturated rings. The fourth-order valence-electron chi connectivity index (χ4n) is 1.41. The molecule has 0 aromatic heterocycles. The van der Waals surface area contributed by atoms with E-state index in [4.69, 9.17) is 11.5 Å². The predicted molar refractivity (Wildman–Crippen MR) is 56.4 cm³/mol. The highest BCUT2D eigenvalue weighted by molar-refractivity contribution is 5.24. The van der Waals surface area contributed by atoms with Gasteiger partial charge < -0.3 is 11.5 Å². The van der Waals surface area contributed by atoms with Crippen LogP contribution in [0.5, 0.6) is 0 Å². The Morgan fingerprint density at radius 2 is 2.15 bits per heavy atom. The molecule has 0 saturated carbocycles. The van der Waals surface area contributed by atoms with Crippen LogP contribution in [0.25, 0.3) is 0 Å². The summed E-state index contributed by atoms with van der Waals surface area (Å²) >= 11 is 0. The van der Waals surface area contributed by atoms with Crippen LogP contribution in [-0.4, -0.2) is 6.54 Å². The number of hydrogen-bond donors (Lipinski definition) is 2. The lowest BCUT2D eigenvalue weighted by Gasteiger charge is -2.11. The van der Waals surface area contributed by atoms with Gasteiger partial charge in [0.2, 0.25) is 0 Å². The molecule has 1 aromatic carbocycles. The minimum absolute atomic E-state index is 0.142. The standard InChI is InChI=1S/C11H18N2/c1-9-4-2-5-10(8-9)11(13)6-3-7-12/h2,4-5,8,11H,3,6-7,12-13H2,1H3/t11-/m0/s1. The normalized spacial score (nSPS) is 12.8. The molecule has 0 spiro atoms. The monoisotopic (exact) mass is 178 g/mol. The van der Waals surface area contributed by atoms with Crippen molar-refractivity contribution in [1.82, 2.24) is 0 Å². The lowest BCUT2D eigenvalue weighted by Crippen LogP contribution is -2.12. The van der Waals surface area contributed by atoms with Gasteiger partial charge in [0, 0.05) is 6.04 Å². The zero-order valence-corrected chi connectivity index (χ0v) is 8.16. The Hall–Kier alpha value is -0.860. The molecule has 0 amide bonds. The lowest BCUT2D eigenvalue weighted by molar-refractivity contribution is 0.617. The number of rotatable bonds is 4. The van der Waals surface area contributed by atoms with Gasteiger partial charge in [0.1, 0.15) is 0 Å². The van der Waals surface area contributed by atoms with Crippen molar-refractivity contribution < 1.29 is 0 Å². The molecular weight excluding hydrogens is 160 g/mol. The summed E-state index contributed by atoms with van der Waals surface area (Å²) in [6, 6.07) is 8.49. The van der Waals surface area contributed by atoms with Gasteiger partial charge in [-0.25, -0.2) is 0 Å². The Labute approximate surface area is 79.9 Å². The Bertz CT molecular complexity index is 258. The molecule has 0 aliphatic carbocycles. The molecule has 1 atom stereocenters. The summed E-state index contributed by atoms with van der Waals surface area (Å²) < 4.78 is 0. The minimum atomic E-state index is 0.142. The molecule has 0 aliphatic heterocycles. The molecule has 1 aromatic rings. The SMILES string of the molecule is Cc1cccc([C@@H](N)CCCN)c1. The summed E-state index contributed by atoms with van der Waals surface area (Å²) in [5.41, 5.74) is 13.9. The minimum Gasteiger partial charge on any atom is -0.330 e. The Kier molecular flexibility index (Phi) is 3.93. The fourth-order valence-corrected chi connectivity index (χ4v) is 1.41. The van der Waals surface area contributed by atoms with Crippen LogP contribution in [0, 0.1) is 6.92 Å². The van der Waals surface area contributed by atoms with Gasteiger partial charge in [0.25, 0.3) is 0 Å². The van der Waals surface area contributed by atoms with Gasteiger partial charge >= 0.3 is 0 Å². The third-order valence-electron chi connectivity index (χ3n) is 2.19. The highest BCUT2D eigenvalue weighted by Crippen LogP contribution is 2.16. The van der Waals surface area contributed by atoms with Crippen LogP contribution >= 0.6 is 0 Å². The Balaban J connectivity index is 2.60. The van der Waals surface area contributed by atoms with E-state index in [2.05, 4.69) is 25.1 Å². The molecule has 0 aliphatic rings. The van der Waals surface area contributed by atoms with E-state index in [1.54, 1.807) is 0 Å². The summed E-state index contributed by atoms with van der Waals surface area (Å²) in [4.78, 5) is 0. The van der Waals surface area contributed by atoms with E-state index in [0.717, 1.165) is 19.4 Å². The van der Waals surface area contributed by atoms with Crippen molar-refractivity contribution in [3.63, 3.8) is 0 Å². The van der Waals surface area contributed by atoms with Crippen molar-refractivity contribution in [1.29, 1.82) is 0 Å². The molecule has 13 heavy (non-hydrogen) atoms. The Morgan fingerprint density at radius 1 is 1.38 bits per heavy atom. The van der Waals surface area contributed by atoms with Crippen LogP contribution in [0.1, 0.15) is 30.0 Å². The molecule has 0 saturated heterocycles. The second kappa shape index (κ2) is 5.00. The van der Waals surface area contributed by atoms with Crippen molar-refractivity contribution in [3.8, 4) is 0 Å². The fraction of sp³-hybridized carbons (Fsp3) is 0.455. The van der Waals surface area contributed by atoms with Gasteiger partial charge in [-0.05, 0) is 31.9 Å². The first-order valence-electron chi connectivity index (χ1n) is 4.76. The third-order valence-corrected chi connectivity index (χ3v) is 2.19. The van der Waals surface area contributed by atoms with Crippen LogP contribution in [0.3, 0.4) is 0 Å². The van der Waals surface area contributed by atoms with Crippen LogP contribution in [0.2, 0.25) is 0 Å². The van der Waals surface area contributed by atoms with Gasteiger partial charge in [-0.1, -0.05) is 29.8 Å². The van der Waals surface area contributed by atoms with Gasteiger partial charge in [0.15, 0.2) is 0 Å². The van der Waals surface area contributed by atoms with Gasteiger partial charge in [0.05, 0.1) is 0 Å². The highest BCUT2D eigenvalue weighted by atomic mass is 14.6. The summed E-state index contributed by atoms with van der Waals surface area (Å²) in [7, 11) is 0. The maximum Gasteiger partial charge on any atom is 0.0295 e. The van der Waals surface area contributed by atoms with E-state index in [1.807, 2.05) is 6.07 Å². The van der Waals surface area contributed by atoms with E-state index in [-0.39, 0.29) is 6.04 Å². The topological polar surface area (TPSA) is 52.0 Å². The molecule has 0 heterocycles. The molecule has 1 rings (SSSR count). The molecular formula is C11H18N2. The van der Waals surface area contributed by atoms with Crippen LogP contribution < -0.4 is 11.5 Å². The lowest BCUT2D eigenvalue weighted by atomic mass is 10.0. The first-order valence-corrected chi connectivity index (χ1v) is 4.76. The summed E-state index contributed by atoms with van der Waals surface area (Å²) in [5.74, 6) is 0. The maximum atomic E-state index is 5.99. The van der Waals surface area contributed by atoms with E-state index >= 15 is 0 Å². The number of benzene rings is 1.